The molecule has 0 atom stereocenters. The van der Waals surface area contributed by atoms with Crippen molar-refractivity contribution < 1.29 is 247 Å². The Morgan fingerprint density at radius 3 is 0.182 bits per heavy atom. The monoisotopic (exact) mass is 914 g/mol. The Hall–Kier alpha value is 7.71. The fourth-order valence-corrected chi connectivity index (χ4v) is 0. The van der Waals surface area contributed by atoms with E-state index in [0.717, 1.165) is 0 Å². The van der Waals surface area contributed by atoms with Gasteiger partial charge in [-0.25, -0.2) is 0 Å². The summed E-state index contributed by atoms with van der Waals surface area (Å²) in [7, 11) is 0. The summed E-state index contributed by atoms with van der Waals surface area (Å²) in [5.74, 6) is 0. The van der Waals surface area contributed by atoms with Crippen LogP contribution >= 0.6 is 0 Å². The predicted octanol–water partition coefficient (Wildman–Crippen LogP) is -0.0225. The minimum absolute atomic E-state index is 0. The molecule has 0 spiro atoms. The molecule has 0 bridgehead atoms. The van der Waals surface area contributed by atoms with Crippen LogP contribution in [-0.2, 0) is 154 Å². The first-order chi connectivity index (χ1) is 0. The SMILES string of the molecule is [Cu].[Cu].[Cu].[Cu].[Cu].[Cu].[Cu].[Cu].[Cu].[Yb].[Yb]. The van der Waals surface area contributed by atoms with Crippen LogP contribution in [0.3, 0.4) is 0 Å². The molecule has 11 heteroatoms. The molecule has 11 heavy (non-hydrogen) atoms. The Bertz CT molecular complexity index is 7.52. The van der Waals surface area contributed by atoms with Crippen LogP contribution in [0.25, 0.3) is 0 Å². The van der Waals surface area contributed by atoms with Gasteiger partial charge in [0, 0.05) is 247 Å². The normalized spacial score (nSPS) is 0. The van der Waals surface area contributed by atoms with Crippen molar-refractivity contribution in [3.05, 3.63) is 0 Å². The van der Waals surface area contributed by atoms with Crippen molar-refractivity contribution >= 4 is 0 Å². The zero-order chi connectivity index (χ0) is 0. The third kappa shape index (κ3) is 73.5. The van der Waals surface area contributed by atoms with Crippen molar-refractivity contribution in [2.75, 3.05) is 0 Å². The summed E-state index contributed by atoms with van der Waals surface area (Å²) >= 11 is 0. The van der Waals surface area contributed by atoms with Crippen molar-refractivity contribution in [3.63, 3.8) is 0 Å². The van der Waals surface area contributed by atoms with E-state index in [9.17, 15) is 0 Å². The first-order valence-electron chi connectivity index (χ1n) is 0. The maximum absolute atomic E-state index is 0. The molecule has 0 aliphatic heterocycles. The second kappa shape index (κ2) is 83.2. The molecule has 0 fully saturated rings. The van der Waals surface area contributed by atoms with Crippen molar-refractivity contribution in [1.29, 1.82) is 0 Å². The van der Waals surface area contributed by atoms with Crippen LogP contribution in [0, 0.1) is 93.8 Å². The summed E-state index contributed by atoms with van der Waals surface area (Å²) in [5.41, 5.74) is 0. The standard InChI is InChI=1S/9Cu.2Yb. The van der Waals surface area contributed by atoms with Crippen LogP contribution < -0.4 is 0 Å². The summed E-state index contributed by atoms with van der Waals surface area (Å²) in [6.07, 6.45) is 0. The molecule has 0 aromatic heterocycles. The third-order valence-corrected chi connectivity index (χ3v) is 0. The fraction of sp³-hybridized carbons (Fsp3) is 0. The van der Waals surface area contributed by atoms with Gasteiger partial charge in [-0.05, 0) is 0 Å². The van der Waals surface area contributed by atoms with Gasteiger partial charge in [0.05, 0.1) is 0 Å². The number of hydrogen-bond donors (Lipinski definition) is 0. The van der Waals surface area contributed by atoms with Gasteiger partial charge in [0.25, 0.3) is 0 Å². The molecule has 0 aromatic carbocycles. The van der Waals surface area contributed by atoms with E-state index in [0.29, 0.717) is 0 Å². The van der Waals surface area contributed by atoms with Crippen molar-refractivity contribution in [2.24, 2.45) is 0 Å². The first-order valence-corrected chi connectivity index (χ1v) is 0. The van der Waals surface area contributed by atoms with Crippen molar-refractivity contribution in [2.45, 2.75) is 0 Å². The van der Waals surface area contributed by atoms with Crippen LogP contribution in [0.4, 0.5) is 0 Å². The molecular weight excluding hydrogens is 918 g/mol. The van der Waals surface area contributed by atoms with Crippen LogP contribution in [0.1, 0.15) is 0 Å². The van der Waals surface area contributed by atoms with Gasteiger partial charge in [-0.2, -0.15) is 0 Å². The van der Waals surface area contributed by atoms with Crippen molar-refractivity contribution in [3.8, 4) is 0 Å². The van der Waals surface area contributed by atoms with Gasteiger partial charge in [-0.3, -0.25) is 0 Å². The number of hydrogen-bond acceptors (Lipinski definition) is 0. The number of rotatable bonds is 0. The molecule has 127 valence electrons. The first kappa shape index (κ1) is 98.7. The average Bonchev–Trinajstić information content (AvgIpc) is 0. The fourth-order valence-electron chi connectivity index (χ4n) is 0. The zero-order valence-corrected chi connectivity index (χ0v) is 15.2. The maximum Gasteiger partial charge on any atom is 0 e. The molecular formula is Cu9Yb2. The molecule has 0 unspecified atom stereocenters. The van der Waals surface area contributed by atoms with Crippen LogP contribution in [0.15, 0.2) is 0 Å². The summed E-state index contributed by atoms with van der Waals surface area (Å²) in [4.78, 5) is 0. The molecule has 0 heterocycles. The van der Waals surface area contributed by atoms with E-state index in [1.807, 2.05) is 0 Å². The third-order valence-electron chi connectivity index (χ3n) is 0. The summed E-state index contributed by atoms with van der Waals surface area (Å²) in [5, 5.41) is 0. The van der Waals surface area contributed by atoms with E-state index in [1.54, 1.807) is 0 Å². The minimum atomic E-state index is 0. The quantitative estimate of drug-likeness (QED) is 0.301. The maximum atomic E-state index is 0. The molecule has 0 aromatic rings. The predicted molar refractivity (Wildman–Crippen MR) is 0 cm³/mol. The average molecular weight is 918 g/mol. The van der Waals surface area contributed by atoms with Crippen LogP contribution in [0.5, 0.6) is 0 Å². The second-order valence-electron chi connectivity index (χ2n) is 0. The Morgan fingerprint density at radius 2 is 0.182 bits per heavy atom. The molecule has 9 radical (unpaired) electrons. The van der Waals surface area contributed by atoms with E-state index in [-0.39, 0.29) is 247 Å². The van der Waals surface area contributed by atoms with E-state index < -0.39 is 0 Å². The minimum Gasteiger partial charge on any atom is 0 e. The molecule has 0 nitrogen and oxygen atoms in total. The van der Waals surface area contributed by atoms with Gasteiger partial charge in [-0.15, -0.1) is 0 Å². The summed E-state index contributed by atoms with van der Waals surface area (Å²) < 4.78 is 0. The molecule has 0 aliphatic rings. The molecule has 0 amide bonds. The van der Waals surface area contributed by atoms with Gasteiger partial charge >= 0.3 is 0 Å². The molecule has 0 saturated carbocycles. The molecule has 0 saturated heterocycles. The van der Waals surface area contributed by atoms with Gasteiger partial charge in [0.2, 0.25) is 0 Å². The van der Waals surface area contributed by atoms with Crippen molar-refractivity contribution in [1.82, 2.24) is 0 Å². The second-order valence-corrected chi connectivity index (χ2v) is 0. The van der Waals surface area contributed by atoms with E-state index in [2.05, 4.69) is 0 Å². The topological polar surface area (TPSA) is 0 Å². The molecule has 0 N–H and O–H groups in total. The van der Waals surface area contributed by atoms with Gasteiger partial charge in [-0.1, -0.05) is 0 Å². The van der Waals surface area contributed by atoms with Crippen LogP contribution in [0.2, 0.25) is 0 Å². The molecule has 0 rings (SSSR count). The van der Waals surface area contributed by atoms with E-state index in [4.69, 9.17) is 0 Å². The Kier molecular flexibility index (Phi) is 746. The Balaban J connectivity index is 0. The van der Waals surface area contributed by atoms with E-state index >= 15 is 0 Å². The van der Waals surface area contributed by atoms with E-state index in [1.165, 1.54) is 0 Å². The van der Waals surface area contributed by atoms with Gasteiger partial charge in [0.15, 0.2) is 0 Å². The molecule has 0 aliphatic carbocycles. The van der Waals surface area contributed by atoms with Gasteiger partial charge < -0.3 is 0 Å². The van der Waals surface area contributed by atoms with Gasteiger partial charge in [0.1, 0.15) is 0 Å². The summed E-state index contributed by atoms with van der Waals surface area (Å²) in [6.45, 7) is 0. The zero-order valence-electron chi connectivity index (χ0n) is 3.25. The largest absolute Gasteiger partial charge is 0 e. The van der Waals surface area contributed by atoms with Crippen LogP contribution in [-0.4, -0.2) is 0 Å². The smallest absolute Gasteiger partial charge is 0 e. The Morgan fingerprint density at radius 1 is 0.182 bits per heavy atom. The Labute approximate surface area is 240 Å². The summed E-state index contributed by atoms with van der Waals surface area (Å²) in [6, 6.07) is 0.